The molecule has 0 unspecified atom stereocenters. The third-order valence-corrected chi connectivity index (χ3v) is 25.0. The quantitative estimate of drug-likeness (QED) is 0.160. The Balaban J connectivity index is 0.585. The molecule has 0 fully saturated rings. The van der Waals surface area contributed by atoms with Crippen LogP contribution in [0.25, 0.3) is 188 Å². The number of fused-ring (bicyclic) bond motifs is 22. The van der Waals surface area contributed by atoms with E-state index in [1.54, 1.807) is 0 Å². The van der Waals surface area contributed by atoms with Gasteiger partial charge in [-0.3, -0.25) is 4.57 Å². The standard InChI is InChI=1S/C101H70N6/c1-99(2)82-28-14-7-21-67(82)70-44-40-64(56-85(70)99)104-89-31-17-10-23-73(89)78-51-59(36-47-93(78)104)60-37-48-95-79(52-60)75-25-12-19-33-91(75)106(95)66-42-46-72-69-43-35-63(55-84(69)101(5,6)87(72)58-66)97-77-27-9-16-30-88(77)102-98(103-97)107-92-34-20-13-26-76(92)81-54-62(39-50-96(81)107)61-38-49-94-80(53-61)74-24-11-18-32-90(74)105(94)65-41-45-71-68-22-8-15-29-83(68)100(3,4)86(71)57-65/h7-58H,1-6H3. The lowest BCUT2D eigenvalue weighted by Gasteiger charge is -2.23. The van der Waals surface area contributed by atoms with Crippen LogP contribution in [0.15, 0.2) is 315 Å². The van der Waals surface area contributed by atoms with Gasteiger partial charge >= 0.3 is 0 Å². The van der Waals surface area contributed by atoms with E-state index in [1.165, 1.54) is 160 Å². The normalized spacial score (nSPS) is 14.3. The Kier molecular flexibility index (Phi) is 12.1. The van der Waals surface area contributed by atoms with Crippen LogP contribution in [0.3, 0.4) is 0 Å². The van der Waals surface area contributed by atoms with E-state index >= 15 is 0 Å². The fourth-order valence-corrected chi connectivity index (χ4v) is 19.7. The first kappa shape index (κ1) is 60.3. The van der Waals surface area contributed by atoms with Gasteiger partial charge in [0.05, 0.1) is 55.3 Å². The fraction of sp³-hybridized carbons (Fsp3) is 0.0891. The van der Waals surface area contributed by atoms with Crippen LogP contribution in [0.5, 0.6) is 0 Å². The maximum absolute atomic E-state index is 5.68. The fourth-order valence-electron chi connectivity index (χ4n) is 19.7. The molecule has 0 N–H and O–H groups in total. The number of para-hydroxylation sites is 5. The molecular weight excluding hydrogens is 1300 g/mol. The van der Waals surface area contributed by atoms with E-state index in [1.807, 2.05) is 0 Å². The Morgan fingerprint density at radius 3 is 0.907 bits per heavy atom. The first-order valence-electron chi connectivity index (χ1n) is 37.5. The number of hydrogen-bond acceptors (Lipinski definition) is 2. The van der Waals surface area contributed by atoms with Crippen molar-refractivity contribution in [3.63, 3.8) is 0 Å². The summed E-state index contributed by atoms with van der Waals surface area (Å²) in [4.78, 5) is 11.1. The maximum Gasteiger partial charge on any atom is 0.235 e. The molecule has 6 heteroatoms. The van der Waals surface area contributed by atoms with Crippen molar-refractivity contribution in [3.05, 3.63) is 349 Å². The predicted molar refractivity (Wildman–Crippen MR) is 446 cm³/mol. The molecule has 0 saturated heterocycles. The number of hydrogen-bond donors (Lipinski definition) is 0. The summed E-state index contributed by atoms with van der Waals surface area (Å²) in [6.07, 6.45) is 0. The van der Waals surface area contributed by atoms with E-state index in [2.05, 4.69) is 375 Å². The zero-order valence-corrected chi connectivity index (χ0v) is 60.2. The van der Waals surface area contributed by atoms with Crippen molar-refractivity contribution in [2.45, 2.75) is 57.8 Å². The Bertz CT molecular complexity index is 7360. The first-order valence-corrected chi connectivity index (χ1v) is 37.5. The molecule has 0 amide bonds. The summed E-state index contributed by atoms with van der Waals surface area (Å²) in [5.41, 5.74) is 35.8. The lowest BCUT2D eigenvalue weighted by molar-refractivity contribution is 0.660. The number of nitrogens with zero attached hydrogens (tertiary/aromatic N) is 6. The molecule has 20 aromatic rings. The Morgan fingerprint density at radius 2 is 0.495 bits per heavy atom. The highest BCUT2D eigenvalue weighted by Gasteiger charge is 2.39. The molecule has 6 nitrogen and oxygen atoms in total. The molecule has 0 saturated carbocycles. The van der Waals surface area contributed by atoms with Gasteiger partial charge < -0.3 is 13.7 Å². The molecule has 0 aliphatic heterocycles. The van der Waals surface area contributed by atoms with Gasteiger partial charge in [-0.2, -0.15) is 0 Å². The molecule has 15 aromatic carbocycles. The van der Waals surface area contributed by atoms with Gasteiger partial charge in [-0.05, 0) is 210 Å². The van der Waals surface area contributed by atoms with Crippen molar-refractivity contribution in [1.29, 1.82) is 0 Å². The van der Waals surface area contributed by atoms with Crippen molar-refractivity contribution in [1.82, 2.24) is 28.2 Å². The van der Waals surface area contributed by atoms with Crippen molar-refractivity contribution < 1.29 is 0 Å². The Hall–Kier alpha value is -13.2. The van der Waals surface area contributed by atoms with Crippen LogP contribution in [0.1, 0.15) is 74.9 Å². The monoisotopic (exact) mass is 1370 g/mol. The van der Waals surface area contributed by atoms with Crippen LogP contribution in [0.2, 0.25) is 0 Å². The molecule has 5 heterocycles. The van der Waals surface area contributed by atoms with Crippen LogP contribution in [0.4, 0.5) is 0 Å². The van der Waals surface area contributed by atoms with Gasteiger partial charge in [0.15, 0.2) is 0 Å². The highest BCUT2D eigenvalue weighted by molar-refractivity contribution is 6.15. The highest BCUT2D eigenvalue weighted by Crippen LogP contribution is 2.54. The molecule has 3 aliphatic rings. The van der Waals surface area contributed by atoms with Crippen LogP contribution < -0.4 is 0 Å². The zero-order valence-electron chi connectivity index (χ0n) is 60.2. The van der Waals surface area contributed by atoms with Crippen LogP contribution in [0, 0.1) is 0 Å². The van der Waals surface area contributed by atoms with E-state index in [0.717, 1.165) is 55.2 Å². The summed E-state index contributed by atoms with van der Waals surface area (Å²) in [5.74, 6) is 0.642. The van der Waals surface area contributed by atoms with Gasteiger partial charge in [0.1, 0.15) is 0 Å². The second-order valence-corrected chi connectivity index (χ2v) is 31.6. The third-order valence-electron chi connectivity index (χ3n) is 25.0. The topological polar surface area (TPSA) is 45.5 Å². The van der Waals surface area contributed by atoms with Crippen LogP contribution in [-0.4, -0.2) is 28.2 Å². The average Bonchev–Trinajstić information content (AvgIpc) is 1.58. The number of rotatable bonds is 7. The lowest BCUT2D eigenvalue weighted by atomic mass is 9.81. The maximum atomic E-state index is 5.68. The van der Waals surface area contributed by atoms with E-state index in [9.17, 15) is 0 Å². The largest absolute Gasteiger partial charge is 0.309 e. The second kappa shape index (κ2) is 21.5. The molecule has 23 rings (SSSR count). The minimum absolute atomic E-state index is 0.0944. The number of aromatic nitrogens is 6. The summed E-state index contributed by atoms with van der Waals surface area (Å²) in [5, 5.41) is 10.7. The predicted octanol–water partition coefficient (Wildman–Crippen LogP) is 25.9. The van der Waals surface area contributed by atoms with Crippen molar-refractivity contribution in [2.75, 3.05) is 0 Å². The molecule has 3 aliphatic carbocycles. The molecule has 0 atom stereocenters. The van der Waals surface area contributed by atoms with E-state index in [4.69, 9.17) is 9.97 Å². The third kappa shape index (κ3) is 8.30. The van der Waals surface area contributed by atoms with Crippen molar-refractivity contribution in [3.8, 4) is 89.9 Å². The minimum Gasteiger partial charge on any atom is -0.309 e. The Morgan fingerprint density at radius 1 is 0.206 bits per heavy atom. The van der Waals surface area contributed by atoms with E-state index in [0.29, 0.717) is 5.95 Å². The first-order chi connectivity index (χ1) is 52.3. The molecule has 504 valence electrons. The van der Waals surface area contributed by atoms with E-state index < -0.39 is 0 Å². The molecule has 0 radical (unpaired) electrons. The van der Waals surface area contributed by atoms with Gasteiger partial charge in [0.2, 0.25) is 5.95 Å². The van der Waals surface area contributed by atoms with E-state index in [-0.39, 0.29) is 16.2 Å². The summed E-state index contributed by atoms with van der Waals surface area (Å²) >= 11 is 0. The van der Waals surface area contributed by atoms with Gasteiger partial charge in [0.25, 0.3) is 0 Å². The van der Waals surface area contributed by atoms with Crippen LogP contribution >= 0.6 is 0 Å². The lowest BCUT2D eigenvalue weighted by Crippen LogP contribution is -2.15. The summed E-state index contributed by atoms with van der Waals surface area (Å²) in [6.45, 7) is 14.2. The molecule has 0 spiro atoms. The van der Waals surface area contributed by atoms with Crippen molar-refractivity contribution >= 4 is 98.1 Å². The summed E-state index contributed by atoms with van der Waals surface area (Å²) in [7, 11) is 0. The second-order valence-electron chi connectivity index (χ2n) is 31.6. The smallest absolute Gasteiger partial charge is 0.235 e. The van der Waals surface area contributed by atoms with Gasteiger partial charge in [-0.25, -0.2) is 9.97 Å². The summed E-state index contributed by atoms with van der Waals surface area (Å²) < 4.78 is 9.68. The van der Waals surface area contributed by atoms with Crippen LogP contribution in [-0.2, 0) is 16.2 Å². The van der Waals surface area contributed by atoms with Gasteiger partial charge in [-0.1, -0.05) is 236 Å². The average molecular weight is 1370 g/mol. The Labute approximate surface area is 619 Å². The number of benzene rings is 15. The zero-order chi connectivity index (χ0) is 71.1. The highest BCUT2D eigenvalue weighted by atomic mass is 15.2. The summed E-state index contributed by atoms with van der Waals surface area (Å²) in [6, 6.07) is 118. The SMILES string of the molecule is CC1(C)c2ccccc2-c2ccc(-n3c4ccccc4c4cc(-c5ccc6c(c5)c5ccccc5n6-c5ccc6c(c5)C(C)(C)c5cc(-c7nc(-n8c9ccccc9c9cc(-c%10ccc%11c(c%10)c%10ccccc%10n%11-c%10ccc%11c(c%10)C(C)(C)c%10ccccc%10-%11)ccc98)nc8ccccc78)ccc5-6)ccc43)cc21. The molecule has 5 aromatic heterocycles. The minimum atomic E-state index is -0.335. The molecular formula is C101H70N6. The van der Waals surface area contributed by atoms with Gasteiger partial charge in [-0.15, -0.1) is 0 Å². The van der Waals surface area contributed by atoms with Crippen molar-refractivity contribution in [2.24, 2.45) is 0 Å². The van der Waals surface area contributed by atoms with Gasteiger partial charge in [0, 0.05) is 87.3 Å². The molecule has 0 bridgehead atoms. The molecule has 107 heavy (non-hydrogen) atoms.